The molecule has 0 heterocycles. The first kappa shape index (κ1) is 98.2. The van der Waals surface area contributed by atoms with Crippen LogP contribution in [0.5, 0.6) is 0 Å². The molecule has 0 aliphatic heterocycles. The van der Waals surface area contributed by atoms with Gasteiger partial charge in [-0.05, 0) is 62.9 Å². The zero-order valence-electron chi connectivity index (χ0n) is 62.3. The Balaban J connectivity index is -0.000000561. The Labute approximate surface area is 605 Å². The van der Waals surface area contributed by atoms with Gasteiger partial charge in [-0.15, -0.1) is 0 Å². The van der Waals surface area contributed by atoms with Crippen LogP contribution in [-0.4, -0.2) is 170 Å². The van der Waals surface area contributed by atoms with Gasteiger partial charge in [-0.2, -0.15) is 0 Å². The summed E-state index contributed by atoms with van der Waals surface area (Å²) in [5, 5.41) is 1.88. The molecule has 0 bridgehead atoms. The van der Waals surface area contributed by atoms with E-state index in [1.54, 1.807) is 0 Å². The summed E-state index contributed by atoms with van der Waals surface area (Å²) in [5.74, 6) is -6.01. The summed E-state index contributed by atoms with van der Waals surface area (Å²) in [5.41, 5.74) is 1.28. The Morgan fingerprint density at radius 3 is 0.830 bits per heavy atom. The van der Waals surface area contributed by atoms with Crippen molar-refractivity contribution in [3.8, 4) is 0 Å². The van der Waals surface area contributed by atoms with E-state index in [1.165, 1.54) is 21.3 Å². The van der Waals surface area contributed by atoms with E-state index in [-0.39, 0.29) is 10.1 Å². The van der Waals surface area contributed by atoms with Gasteiger partial charge < -0.3 is 55.0 Å². The average molecular weight is 1510 g/mol. The van der Waals surface area contributed by atoms with E-state index in [9.17, 15) is 57.5 Å². The molecule has 2 unspecified atom stereocenters. The standard InChI is InChI=1S/C18H26O4Si.C15H20O4Si.C12H22O4Si.C9H16O4Si.2C8H14O4Si/c1-5-6-14-21-16(19)12-13-17(20)22-23(18(2,3)4)15-10-8-7-9-11-15;1-15(2,3)20(12-8-6-5-7-9-12)19-14(17)11-10-13(16)18-4;1-4-5-6-9-15-11(13)7-8-12(14)16-17-10(2)3;1-3-4-7-12-8(10)5-6-9(11)13-14-2;2*1-6(2)13-12-8(10)5-4-7(9)11-3/h7-13,23H,5-6,14H2,1-4H3;5-11,20H,1-4H3;7-8,10H,4-6,9,17H2,1-3H3;5-6H,3-4,7,14H2,1-2H3;2*4-6H,13H2,1-3H3/b13-12-;11-10-;8-7-;6-5-;5-4+;5-4-. The van der Waals surface area contributed by atoms with Crippen LogP contribution in [0.15, 0.2) is 134 Å². The van der Waals surface area contributed by atoms with Crippen LogP contribution >= 0.6 is 0 Å². The predicted molar refractivity (Wildman–Crippen MR) is 401 cm³/mol. The number of hydrogen-bond acceptors (Lipinski definition) is 24. The molecule has 100 heavy (non-hydrogen) atoms. The number of unbranched alkanes of at least 4 members (excludes halogenated alkanes) is 4. The van der Waals surface area contributed by atoms with E-state index >= 15 is 0 Å². The minimum Gasteiger partial charge on any atom is -0.522 e. The number of methoxy groups -OCH3 is 3. The molecule has 0 aliphatic carbocycles. The Morgan fingerprint density at radius 2 is 0.590 bits per heavy atom. The SMILES string of the molecule is CCCCCOC(=O)/C=C\C(=O)O[SiH2]C(C)C.CCCCOC(=O)/C=C\C(=O)O[SiH2]C.CCCCOC(=O)/C=C\C(=O)O[SiH](c1ccccc1)C(C)(C)C.COC(=O)/C=C/C(=O)O[SiH2]C(C)C.COC(=O)/C=C\C(=O)O[SiH2]C(C)C.COC(=O)/C=C\C(=O)O[SiH](c1ccccc1)C(C)(C)C. The Bertz CT molecular complexity index is 2830. The maximum atomic E-state index is 12.0. The fourth-order valence-corrected chi connectivity index (χ4v) is 13.4. The molecule has 0 saturated carbocycles. The average Bonchev–Trinajstić information content (AvgIpc) is 0.847. The van der Waals surface area contributed by atoms with Gasteiger partial charge in [0.15, 0.2) is 0 Å². The largest absolute Gasteiger partial charge is 0.522 e. The summed E-state index contributed by atoms with van der Waals surface area (Å²) in [6.07, 6.45) is 19.8. The molecule has 0 aromatic heterocycles. The third kappa shape index (κ3) is 63.3. The summed E-state index contributed by atoms with van der Waals surface area (Å²) >= 11 is 0. The van der Waals surface area contributed by atoms with E-state index in [0.717, 1.165) is 128 Å². The van der Waals surface area contributed by atoms with Crippen LogP contribution in [0.3, 0.4) is 0 Å². The maximum Gasteiger partial charge on any atom is 0.331 e. The fraction of sp³-hybridized carbons (Fsp3) is 0.486. The van der Waals surface area contributed by atoms with Gasteiger partial charge in [0, 0.05) is 72.9 Å². The van der Waals surface area contributed by atoms with E-state index in [1.807, 2.05) is 143 Å². The molecule has 0 saturated heterocycles. The molecular formula is C70H112O24Si6. The second-order valence-electron chi connectivity index (χ2n) is 24.5. The van der Waals surface area contributed by atoms with Crippen molar-refractivity contribution >= 4 is 139 Å². The van der Waals surface area contributed by atoms with Crippen molar-refractivity contribution in [3.05, 3.63) is 134 Å². The number of hydrogen-bond donors (Lipinski definition) is 0. The predicted octanol–water partition coefficient (Wildman–Crippen LogP) is 7.18. The van der Waals surface area contributed by atoms with Gasteiger partial charge >= 0.3 is 71.6 Å². The Hall–Kier alpha value is -8.18. The van der Waals surface area contributed by atoms with Gasteiger partial charge in [-0.3, -0.25) is 0 Å². The van der Waals surface area contributed by atoms with Gasteiger partial charge in [-0.1, -0.05) is 190 Å². The first-order valence-corrected chi connectivity index (χ1v) is 42.5. The molecule has 2 rings (SSSR count). The Morgan fingerprint density at radius 1 is 0.350 bits per heavy atom. The lowest BCUT2D eigenvalue weighted by molar-refractivity contribution is -0.139. The van der Waals surface area contributed by atoms with Crippen molar-refractivity contribution < 1.29 is 113 Å². The van der Waals surface area contributed by atoms with Crippen LogP contribution in [0.25, 0.3) is 0 Å². The van der Waals surface area contributed by atoms with Crippen LogP contribution in [0.4, 0.5) is 0 Å². The van der Waals surface area contributed by atoms with Crippen molar-refractivity contribution in [2.75, 3.05) is 41.2 Å². The first-order chi connectivity index (χ1) is 47.1. The molecule has 0 aliphatic rings. The maximum absolute atomic E-state index is 12.0. The van der Waals surface area contributed by atoms with E-state index in [4.69, 9.17) is 40.8 Å². The molecule has 24 nitrogen and oxygen atoms in total. The zero-order chi connectivity index (χ0) is 76.9. The molecule has 0 radical (unpaired) electrons. The van der Waals surface area contributed by atoms with Crippen molar-refractivity contribution in [2.24, 2.45) is 0 Å². The van der Waals surface area contributed by atoms with Crippen molar-refractivity contribution in [1.29, 1.82) is 0 Å². The number of rotatable bonds is 33. The van der Waals surface area contributed by atoms with Gasteiger partial charge in [-0.25, -0.2) is 57.5 Å². The second kappa shape index (κ2) is 61.9. The van der Waals surface area contributed by atoms with E-state index in [2.05, 4.69) is 41.9 Å². The van der Waals surface area contributed by atoms with Gasteiger partial charge in [0.2, 0.25) is 39.1 Å². The summed E-state index contributed by atoms with van der Waals surface area (Å²) in [6, 6.07) is 19.5. The zero-order valence-corrected chi connectivity index (χ0v) is 70.3. The van der Waals surface area contributed by atoms with Crippen LogP contribution in [-0.2, 0) is 113 Å². The molecule has 30 heteroatoms. The highest BCUT2D eigenvalue weighted by molar-refractivity contribution is 6.72. The lowest BCUT2D eigenvalue weighted by atomic mass is 10.2. The fourth-order valence-electron chi connectivity index (χ4n) is 6.46. The Kier molecular flexibility index (Phi) is 60.8. The molecule has 2 aromatic rings. The lowest BCUT2D eigenvalue weighted by Gasteiger charge is -2.28. The molecule has 0 spiro atoms. The first-order valence-electron chi connectivity index (χ1n) is 33.1. The van der Waals surface area contributed by atoms with Gasteiger partial charge in [0.1, 0.15) is 0 Å². The third-order valence-corrected chi connectivity index (χ3v) is 21.4. The normalized spacial score (nSPS) is 12.0. The molecule has 2 atom stereocenters. The number of ether oxygens (including phenoxy) is 6. The highest BCUT2D eigenvalue weighted by Gasteiger charge is 2.33. The monoisotopic (exact) mass is 1500 g/mol. The minimum absolute atomic E-state index is 0.115. The summed E-state index contributed by atoms with van der Waals surface area (Å²) in [6.45, 7) is 33.4. The molecular weight excluding hydrogens is 1390 g/mol. The summed E-state index contributed by atoms with van der Waals surface area (Å²) in [7, 11) is -3.37. The molecule has 0 fully saturated rings. The van der Waals surface area contributed by atoms with Crippen molar-refractivity contribution in [1.82, 2.24) is 0 Å². The number of benzene rings is 2. The van der Waals surface area contributed by atoms with Crippen molar-refractivity contribution in [2.45, 2.75) is 182 Å². The summed E-state index contributed by atoms with van der Waals surface area (Å²) < 4.78 is 58.5. The highest BCUT2D eigenvalue weighted by Crippen LogP contribution is 2.28. The van der Waals surface area contributed by atoms with Crippen molar-refractivity contribution in [3.63, 3.8) is 0 Å². The molecule has 0 amide bonds. The van der Waals surface area contributed by atoms with E-state index < -0.39 is 129 Å². The van der Waals surface area contributed by atoms with Gasteiger partial charge in [0.05, 0.1) is 41.2 Å². The topological polar surface area (TPSA) is 316 Å². The minimum atomic E-state index is -1.98. The molecule has 0 N–H and O–H groups in total. The smallest absolute Gasteiger partial charge is 0.331 e. The highest BCUT2D eigenvalue weighted by atomic mass is 28.3. The quantitative estimate of drug-likeness (QED) is 0.0224. The second-order valence-corrected chi connectivity index (χ2v) is 38.9. The lowest BCUT2D eigenvalue weighted by Crippen LogP contribution is -2.42. The van der Waals surface area contributed by atoms with E-state index in [0.29, 0.717) is 36.4 Å². The number of carbonyl (C=O) groups is 12. The van der Waals surface area contributed by atoms with Crippen LogP contribution in [0, 0.1) is 0 Å². The summed E-state index contributed by atoms with van der Waals surface area (Å²) in [4.78, 5) is 133. The number of esters is 6. The van der Waals surface area contributed by atoms with Crippen LogP contribution in [0.1, 0.15) is 149 Å². The molecule has 2 aromatic carbocycles. The van der Waals surface area contributed by atoms with Gasteiger partial charge in [0.25, 0.3) is 18.1 Å². The number of carbonyl (C=O) groups excluding carboxylic acids is 12. The third-order valence-electron chi connectivity index (χ3n) is 11.4. The van der Waals surface area contributed by atoms with Crippen LogP contribution in [0.2, 0.25) is 33.2 Å². The molecule has 560 valence electrons. The van der Waals surface area contributed by atoms with Crippen LogP contribution < -0.4 is 10.4 Å².